The average molecular weight is 373 g/mol. The number of allylic oxidation sites excluding steroid dienone is 1. The lowest BCUT2D eigenvalue weighted by Gasteiger charge is -2.50. The van der Waals surface area contributed by atoms with Crippen LogP contribution in [0, 0.1) is 10.8 Å². The zero-order valence-electron chi connectivity index (χ0n) is 14.7. The predicted octanol–water partition coefficient (Wildman–Crippen LogP) is 4.73. The van der Waals surface area contributed by atoms with Crippen molar-refractivity contribution in [1.29, 1.82) is 0 Å². The van der Waals surface area contributed by atoms with Crippen LogP contribution in [0.15, 0.2) is 24.4 Å². The van der Waals surface area contributed by atoms with E-state index in [9.17, 15) is 9.90 Å². The van der Waals surface area contributed by atoms with Gasteiger partial charge in [-0.05, 0) is 50.0 Å². The van der Waals surface area contributed by atoms with E-state index in [1.54, 1.807) is 19.4 Å². The Kier molecular flexibility index (Phi) is 4.14. The molecule has 0 radical (unpaired) electrons. The van der Waals surface area contributed by atoms with E-state index >= 15 is 0 Å². The second-order valence-electron chi connectivity index (χ2n) is 7.52. The number of fused-ring (bicyclic) bond motifs is 4. The van der Waals surface area contributed by atoms with Crippen molar-refractivity contribution in [3.05, 3.63) is 35.0 Å². The Morgan fingerprint density at radius 3 is 2.54 bits per heavy atom. The minimum atomic E-state index is -0.630. The summed E-state index contributed by atoms with van der Waals surface area (Å²) in [5.41, 5.74) is 1.90. The third-order valence-corrected chi connectivity index (χ3v) is 6.55. The SMILES string of the molecule is COc1ccc2ncc(Cl)c(/C=C\C34CCC(C(=O)O)(CC3)CC4)c2n1. The van der Waals surface area contributed by atoms with E-state index in [0.717, 1.165) is 55.1 Å². The van der Waals surface area contributed by atoms with Gasteiger partial charge in [0.15, 0.2) is 0 Å². The lowest BCUT2D eigenvalue weighted by Crippen LogP contribution is -2.45. The average Bonchev–Trinajstić information content (AvgIpc) is 2.68. The predicted molar refractivity (Wildman–Crippen MR) is 100 cm³/mol. The van der Waals surface area contributed by atoms with Crippen LogP contribution >= 0.6 is 11.6 Å². The first-order valence-electron chi connectivity index (χ1n) is 8.89. The summed E-state index contributed by atoms with van der Waals surface area (Å²) in [6.07, 6.45) is 10.9. The number of methoxy groups -OCH3 is 1. The summed E-state index contributed by atoms with van der Waals surface area (Å²) in [5, 5.41) is 10.1. The summed E-state index contributed by atoms with van der Waals surface area (Å²) >= 11 is 6.41. The highest BCUT2D eigenvalue weighted by atomic mass is 35.5. The highest BCUT2D eigenvalue weighted by Crippen LogP contribution is 2.57. The van der Waals surface area contributed by atoms with E-state index in [4.69, 9.17) is 16.3 Å². The molecule has 26 heavy (non-hydrogen) atoms. The first kappa shape index (κ1) is 17.3. The van der Waals surface area contributed by atoms with Crippen molar-refractivity contribution in [2.45, 2.75) is 38.5 Å². The molecule has 0 saturated heterocycles. The number of carboxylic acids is 1. The summed E-state index contributed by atoms with van der Waals surface area (Å²) in [5.74, 6) is -0.106. The van der Waals surface area contributed by atoms with E-state index in [1.165, 1.54) is 0 Å². The standard InChI is InChI=1S/C20H21ClN2O3/c1-26-16-3-2-15-17(23-16)13(14(21)12-22-15)4-5-19-6-9-20(10-7-19,11-8-19)18(24)25/h2-5,12H,6-11H2,1H3,(H,24,25)/b5-4-. The molecule has 0 unspecified atom stereocenters. The number of halogens is 1. The highest BCUT2D eigenvalue weighted by Gasteiger charge is 2.51. The molecular formula is C20H21ClN2O3. The van der Waals surface area contributed by atoms with Crippen molar-refractivity contribution >= 4 is 34.7 Å². The normalized spacial score (nSPS) is 27.9. The van der Waals surface area contributed by atoms with Crippen LogP contribution in [0.25, 0.3) is 17.1 Å². The molecule has 2 heterocycles. The number of carbonyl (C=O) groups is 1. The van der Waals surface area contributed by atoms with Crippen LogP contribution < -0.4 is 4.74 Å². The summed E-state index contributed by atoms with van der Waals surface area (Å²) < 4.78 is 5.23. The van der Waals surface area contributed by atoms with Crippen molar-refractivity contribution in [2.75, 3.05) is 7.11 Å². The van der Waals surface area contributed by atoms with Crippen LogP contribution in [-0.2, 0) is 4.79 Å². The Morgan fingerprint density at radius 1 is 1.23 bits per heavy atom. The lowest BCUT2D eigenvalue weighted by atomic mass is 9.53. The van der Waals surface area contributed by atoms with Gasteiger partial charge in [0.1, 0.15) is 5.52 Å². The van der Waals surface area contributed by atoms with Crippen molar-refractivity contribution in [3.63, 3.8) is 0 Å². The zero-order chi connectivity index (χ0) is 18.4. The van der Waals surface area contributed by atoms with Crippen molar-refractivity contribution < 1.29 is 14.6 Å². The maximum Gasteiger partial charge on any atom is 0.309 e. The number of rotatable bonds is 4. The van der Waals surface area contributed by atoms with Gasteiger partial charge in [-0.25, -0.2) is 4.98 Å². The molecule has 2 bridgehead atoms. The molecule has 2 aromatic rings. The second-order valence-corrected chi connectivity index (χ2v) is 7.93. The number of nitrogens with zero attached hydrogens (tertiary/aromatic N) is 2. The lowest BCUT2D eigenvalue weighted by molar-refractivity contribution is -0.157. The summed E-state index contributed by atoms with van der Waals surface area (Å²) in [6, 6.07) is 3.65. The molecule has 136 valence electrons. The summed E-state index contributed by atoms with van der Waals surface area (Å²) in [4.78, 5) is 20.5. The van der Waals surface area contributed by atoms with E-state index in [2.05, 4.69) is 16.0 Å². The fourth-order valence-electron chi connectivity index (χ4n) is 4.36. The Labute approximate surface area is 157 Å². The number of aromatic nitrogens is 2. The summed E-state index contributed by atoms with van der Waals surface area (Å²) in [6.45, 7) is 0. The highest BCUT2D eigenvalue weighted by molar-refractivity contribution is 6.32. The van der Waals surface area contributed by atoms with Gasteiger partial charge < -0.3 is 9.84 Å². The zero-order valence-corrected chi connectivity index (χ0v) is 15.4. The van der Waals surface area contributed by atoms with E-state index in [0.29, 0.717) is 10.9 Å². The third kappa shape index (κ3) is 2.75. The number of carboxylic acid groups (broad SMARTS) is 1. The molecule has 1 N–H and O–H groups in total. The minimum absolute atomic E-state index is 0.0645. The van der Waals surface area contributed by atoms with Gasteiger partial charge >= 0.3 is 5.97 Å². The van der Waals surface area contributed by atoms with Gasteiger partial charge in [-0.3, -0.25) is 9.78 Å². The van der Waals surface area contributed by atoms with Crippen LogP contribution in [-0.4, -0.2) is 28.2 Å². The number of pyridine rings is 2. The first-order valence-corrected chi connectivity index (χ1v) is 9.27. The van der Waals surface area contributed by atoms with Crippen LogP contribution in [0.3, 0.4) is 0 Å². The second kappa shape index (κ2) is 6.23. The van der Waals surface area contributed by atoms with Crippen LogP contribution in [0.2, 0.25) is 5.02 Å². The monoisotopic (exact) mass is 372 g/mol. The molecule has 5 nitrogen and oxygen atoms in total. The molecular weight excluding hydrogens is 352 g/mol. The van der Waals surface area contributed by atoms with Crippen LogP contribution in [0.5, 0.6) is 5.88 Å². The Balaban J connectivity index is 1.68. The smallest absolute Gasteiger partial charge is 0.309 e. The maximum absolute atomic E-state index is 11.6. The van der Waals surface area contributed by atoms with Gasteiger partial charge in [0, 0.05) is 17.8 Å². The molecule has 0 amide bonds. The molecule has 6 heteroatoms. The van der Waals surface area contributed by atoms with Crippen LogP contribution in [0.4, 0.5) is 0 Å². The molecule has 3 fully saturated rings. The van der Waals surface area contributed by atoms with Gasteiger partial charge in [0.2, 0.25) is 5.88 Å². The van der Waals surface area contributed by atoms with Gasteiger partial charge in [-0.1, -0.05) is 23.8 Å². The van der Waals surface area contributed by atoms with Gasteiger partial charge in [0.25, 0.3) is 0 Å². The number of hydrogen-bond donors (Lipinski definition) is 1. The molecule has 3 aliphatic rings. The summed E-state index contributed by atoms with van der Waals surface area (Å²) in [7, 11) is 1.58. The maximum atomic E-state index is 11.6. The van der Waals surface area contributed by atoms with Crippen molar-refractivity contribution in [3.8, 4) is 5.88 Å². The number of aliphatic carboxylic acids is 1. The molecule has 2 aromatic heterocycles. The van der Waals surface area contributed by atoms with E-state index in [-0.39, 0.29) is 5.41 Å². The fourth-order valence-corrected chi connectivity index (χ4v) is 4.56. The fraction of sp³-hybridized carbons (Fsp3) is 0.450. The Morgan fingerprint density at radius 2 is 1.92 bits per heavy atom. The topological polar surface area (TPSA) is 72.3 Å². The molecule has 0 spiro atoms. The molecule has 0 aliphatic heterocycles. The van der Waals surface area contributed by atoms with E-state index < -0.39 is 11.4 Å². The number of ether oxygens (including phenoxy) is 1. The molecule has 3 aliphatic carbocycles. The molecule has 3 saturated carbocycles. The van der Waals surface area contributed by atoms with Gasteiger partial charge in [0.05, 0.1) is 23.1 Å². The van der Waals surface area contributed by atoms with Crippen LogP contribution in [0.1, 0.15) is 44.1 Å². The van der Waals surface area contributed by atoms with E-state index in [1.807, 2.05) is 12.1 Å². The Hall–Kier alpha value is -2.14. The quantitative estimate of drug-likeness (QED) is 0.839. The Bertz CT molecular complexity index is 885. The third-order valence-electron chi connectivity index (χ3n) is 6.25. The minimum Gasteiger partial charge on any atom is -0.481 e. The largest absolute Gasteiger partial charge is 0.481 e. The molecule has 0 atom stereocenters. The van der Waals surface area contributed by atoms with Gasteiger partial charge in [-0.15, -0.1) is 0 Å². The van der Waals surface area contributed by atoms with Crippen molar-refractivity contribution in [1.82, 2.24) is 9.97 Å². The molecule has 5 rings (SSSR count). The first-order chi connectivity index (χ1) is 12.5. The number of hydrogen-bond acceptors (Lipinski definition) is 4. The van der Waals surface area contributed by atoms with Crippen molar-refractivity contribution in [2.24, 2.45) is 10.8 Å². The van der Waals surface area contributed by atoms with Gasteiger partial charge in [-0.2, -0.15) is 0 Å². The molecule has 0 aromatic carbocycles.